The van der Waals surface area contributed by atoms with Crippen LogP contribution < -0.4 is 14.8 Å². The minimum absolute atomic E-state index is 0.474. The van der Waals surface area contributed by atoms with Crippen LogP contribution in [-0.4, -0.2) is 13.7 Å². The average Bonchev–Trinajstić information content (AvgIpc) is 2.54. The number of methoxy groups -OCH3 is 1. The summed E-state index contributed by atoms with van der Waals surface area (Å²) in [7, 11) is 1.65. The second-order valence-electron chi connectivity index (χ2n) is 4.67. The Balaban J connectivity index is 1.92. The highest BCUT2D eigenvalue weighted by molar-refractivity contribution is 5.43. The van der Waals surface area contributed by atoms with E-state index in [1.807, 2.05) is 36.4 Å². The van der Waals surface area contributed by atoms with Gasteiger partial charge in [-0.2, -0.15) is 0 Å². The molecular weight excluding hydrogens is 262 g/mol. The van der Waals surface area contributed by atoms with Crippen LogP contribution in [0.1, 0.15) is 11.1 Å². The fourth-order valence-corrected chi connectivity index (χ4v) is 2.04. The standard InChI is InChI=1S/C18H21NO2/c1-3-11-21-17-10-9-16(12-18(17)20-2)14-19-13-15-7-5-4-6-8-15/h3-10,12,19H,1,11,13-14H2,2H3. The summed E-state index contributed by atoms with van der Waals surface area (Å²) < 4.78 is 10.9. The van der Waals surface area contributed by atoms with Crippen LogP contribution in [0.25, 0.3) is 0 Å². The van der Waals surface area contributed by atoms with Gasteiger partial charge in [0.25, 0.3) is 0 Å². The highest BCUT2D eigenvalue weighted by Gasteiger charge is 2.05. The molecule has 0 saturated carbocycles. The van der Waals surface area contributed by atoms with E-state index < -0.39 is 0 Å². The van der Waals surface area contributed by atoms with Crippen LogP contribution in [0.15, 0.2) is 61.2 Å². The van der Waals surface area contributed by atoms with Gasteiger partial charge in [0.1, 0.15) is 6.61 Å². The van der Waals surface area contributed by atoms with Crippen molar-refractivity contribution in [2.24, 2.45) is 0 Å². The summed E-state index contributed by atoms with van der Waals surface area (Å²) in [5, 5.41) is 3.42. The number of benzene rings is 2. The van der Waals surface area contributed by atoms with Crippen LogP contribution in [-0.2, 0) is 13.1 Å². The van der Waals surface area contributed by atoms with Crippen LogP contribution in [0.2, 0.25) is 0 Å². The number of nitrogens with one attached hydrogen (secondary N) is 1. The predicted octanol–water partition coefficient (Wildman–Crippen LogP) is 3.55. The molecule has 0 radical (unpaired) electrons. The van der Waals surface area contributed by atoms with Crippen molar-refractivity contribution < 1.29 is 9.47 Å². The molecule has 3 heteroatoms. The number of rotatable bonds is 8. The molecule has 0 bridgehead atoms. The van der Waals surface area contributed by atoms with Crippen LogP contribution in [0.3, 0.4) is 0 Å². The SMILES string of the molecule is C=CCOc1ccc(CNCc2ccccc2)cc1OC. The van der Waals surface area contributed by atoms with E-state index in [0.717, 1.165) is 30.2 Å². The molecule has 1 N–H and O–H groups in total. The summed E-state index contributed by atoms with van der Waals surface area (Å²) in [4.78, 5) is 0. The van der Waals surface area contributed by atoms with E-state index >= 15 is 0 Å². The van der Waals surface area contributed by atoms with E-state index in [0.29, 0.717) is 6.61 Å². The number of ether oxygens (including phenoxy) is 2. The van der Waals surface area contributed by atoms with Crippen molar-refractivity contribution in [3.63, 3.8) is 0 Å². The first-order chi connectivity index (χ1) is 10.3. The summed E-state index contributed by atoms with van der Waals surface area (Å²) in [6.07, 6.45) is 1.72. The maximum absolute atomic E-state index is 5.54. The van der Waals surface area contributed by atoms with E-state index in [1.54, 1.807) is 13.2 Å². The van der Waals surface area contributed by atoms with Crippen molar-refractivity contribution in [1.82, 2.24) is 5.32 Å². The van der Waals surface area contributed by atoms with Crippen molar-refractivity contribution in [2.45, 2.75) is 13.1 Å². The zero-order valence-corrected chi connectivity index (χ0v) is 12.3. The summed E-state index contributed by atoms with van der Waals surface area (Å²) in [5.41, 5.74) is 2.43. The molecule has 0 fully saturated rings. The quantitative estimate of drug-likeness (QED) is 0.752. The van der Waals surface area contributed by atoms with Crippen molar-refractivity contribution in [3.8, 4) is 11.5 Å². The Morgan fingerprint density at radius 1 is 1.00 bits per heavy atom. The minimum Gasteiger partial charge on any atom is -0.493 e. The minimum atomic E-state index is 0.474. The zero-order valence-electron chi connectivity index (χ0n) is 12.3. The van der Waals surface area contributed by atoms with E-state index in [-0.39, 0.29) is 0 Å². The van der Waals surface area contributed by atoms with Crippen LogP contribution in [0.4, 0.5) is 0 Å². The van der Waals surface area contributed by atoms with Gasteiger partial charge in [0.05, 0.1) is 7.11 Å². The lowest BCUT2D eigenvalue weighted by Gasteiger charge is -2.11. The molecule has 0 aliphatic rings. The third-order valence-corrected chi connectivity index (χ3v) is 3.09. The van der Waals surface area contributed by atoms with Gasteiger partial charge in [0, 0.05) is 13.1 Å². The molecule has 21 heavy (non-hydrogen) atoms. The Morgan fingerprint density at radius 2 is 1.76 bits per heavy atom. The fraction of sp³-hybridized carbons (Fsp3) is 0.222. The van der Waals surface area contributed by atoms with E-state index in [4.69, 9.17) is 9.47 Å². The summed E-state index contributed by atoms with van der Waals surface area (Å²) in [5.74, 6) is 1.49. The molecule has 0 aliphatic carbocycles. The Morgan fingerprint density at radius 3 is 2.48 bits per heavy atom. The summed E-state index contributed by atoms with van der Waals surface area (Å²) in [6.45, 7) is 5.75. The van der Waals surface area contributed by atoms with E-state index in [9.17, 15) is 0 Å². The van der Waals surface area contributed by atoms with Gasteiger partial charge in [-0.25, -0.2) is 0 Å². The lowest BCUT2D eigenvalue weighted by atomic mass is 10.2. The van der Waals surface area contributed by atoms with Gasteiger partial charge in [-0.15, -0.1) is 0 Å². The topological polar surface area (TPSA) is 30.5 Å². The monoisotopic (exact) mass is 283 g/mol. The Labute approximate surface area is 126 Å². The molecule has 2 rings (SSSR count). The zero-order chi connectivity index (χ0) is 14.9. The van der Waals surface area contributed by atoms with E-state index in [2.05, 4.69) is 24.0 Å². The Bertz CT molecular complexity index is 567. The lowest BCUT2D eigenvalue weighted by Crippen LogP contribution is -2.12. The van der Waals surface area contributed by atoms with Crippen LogP contribution >= 0.6 is 0 Å². The smallest absolute Gasteiger partial charge is 0.161 e. The molecule has 0 spiro atoms. The Hall–Kier alpha value is -2.26. The maximum atomic E-state index is 5.54. The van der Waals surface area contributed by atoms with Crippen molar-refractivity contribution in [3.05, 3.63) is 72.3 Å². The third kappa shape index (κ3) is 4.65. The highest BCUT2D eigenvalue weighted by atomic mass is 16.5. The molecule has 0 aromatic heterocycles. The lowest BCUT2D eigenvalue weighted by molar-refractivity contribution is 0.326. The molecule has 0 aliphatic heterocycles. The van der Waals surface area contributed by atoms with Gasteiger partial charge in [-0.05, 0) is 23.3 Å². The number of hydrogen-bond donors (Lipinski definition) is 1. The summed E-state index contributed by atoms with van der Waals surface area (Å²) in [6, 6.07) is 16.3. The summed E-state index contributed by atoms with van der Waals surface area (Å²) >= 11 is 0. The van der Waals surface area contributed by atoms with Gasteiger partial charge in [-0.1, -0.05) is 49.1 Å². The maximum Gasteiger partial charge on any atom is 0.161 e. The van der Waals surface area contributed by atoms with Crippen LogP contribution in [0.5, 0.6) is 11.5 Å². The molecule has 3 nitrogen and oxygen atoms in total. The highest BCUT2D eigenvalue weighted by Crippen LogP contribution is 2.28. The van der Waals surface area contributed by atoms with E-state index in [1.165, 1.54) is 5.56 Å². The molecule has 2 aromatic carbocycles. The first-order valence-corrected chi connectivity index (χ1v) is 6.98. The molecule has 0 unspecified atom stereocenters. The normalized spacial score (nSPS) is 10.1. The van der Waals surface area contributed by atoms with Gasteiger partial charge in [0.15, 0.2) is 11.5 Å². The molecule has 0 saturated heterocycles. The molecule has 0 heterocycles. The fourth-order valence-electron chi connectivity index (χ4n) is 2.04. The second kappa shape index (κ2) is 8.12. The van der Waals surface area contributed by atoms with Gasteiger partial charge >= 0.3 is 0 Å². The van der Waals surface area contributed by atoms with Crippen molar-refractivity contribution in [1.29, 1.82) is 0 Å². The molecular formula is C18H21NO2. The Kier molecular flexibility index (Phi) is 5.85. The first-order valence-electron chi connectivity index (χ1n) is 6.98. The van der Waals surface area contributed by atoms with Crippen molar-refractivity contribution in [2.75, 3.05) is 13.7 Å². The average molecular weight is 283 g/mol. The van der Waals surface area contributed by atoms with Gasteiger partial charge < -0.3 is 14.8 Å². The molecule has 0 atom stereocenters. The first kappa shape index (κ1) is 15.1. The van der Waals surface area contributed by atoms with Gasteiger partial charge in [-0.3, -0.25) is 0 Å². The number of hydrogen-bond acceptors (Lipinski definition) is 3. The molecule has 110 valence electrons. The van der Waals surface area contributed by atoms with Crippen LogP contribution in [0, 0.1) is 0 Å². The third-order valence-electron chi connectivity index (χ3n) is 3.09. The van der Waals surface area contributed by atoms with Gasteiger partial charge in [0.2, 0.25) is 0 Å². The predicted molar refractivity (Wildman–Crippen MR) is 85.7 cm³/mol. The molecule has 0 amide bonds. The second-order valence-corrected chi connectivity index (χ2v) is 4.67. The van der Waals surface area contributed by atoms with Crippen molar-refractivity contribution >= 4 is 0 Å². The molecule has 2 aromatic rings. The largest absolute Gasteiger partial charge is 0.493 e.